The topological polar surface area (TPSA) is 109 Å². The summed E-state index contributed by atoms with van der Waals surface area (Å²) in [7, 11) is 10.5. The molecule has 4 unspecified atom stereocenters. The molecule has 0 bridgehead atoms. The second kappa shape index (κ2) is 120. The number of allylic oxidation sites excluding steroid dienone is 22. The van der Waals surface area contributed by atoms with Crippen LogP contribution < -0.4 is 0 Å². The van der Waals surface area contributed by atoms with Gasteiger partial charge in [0.05, 0.1) is 0 Å². The molecule has 0 fully saturated rings. The largest absolute Gasteiger partial charge is 0.462 e. The summed E-state index contributed by atoms with van der Waals surface area (Å²) in [6, 6.07) is 0. The first-order valence-corrected chi connectivity index (χ1v) is 63.4. The number of nitrogens with zero attached hydrogens (tertiary/aromatic N) is 3. The molecule has 0 aliphatic heterocycles. The normalized spacial score (nSPS) is 13.3. The van der Waals surface area contributed by atoms with Crippen molar-refractivity contribution in [2.24, 2.45) is 17.8 Å². The quantitative estimate of drug-likeness (QED) is 0.0274. The SMILES string of the molecule is CCC/C=C\CCC(CC/C=C\CCC)CC(OC(=O)CCCCN(C)C)C(CC/C=C\CCC)CC/C=C\CCC.CCCCC/C=C\C/C=C\CCCCCCCCC(OC(=O)CCCCN(C)CC)C(O)(CCCCCCCC/C=C\C/C=C\CCCCC)CCCCCCCC/C=C\C/C=C\CCCCC.CCCCC/C=C\CCCC(OC(=O)CCCN(C)C)C(CCCCCC)CCCCCCCC. The van der Waals surface area contributed by atoms with E-state index in [1.165, 1.54) is 315 Å². The molecule has 0 saturated heterocycles. The van der Waals surface area contributed by atoms with Crippen molar-refractivity contribution >= 4 is 17.9 Å². The molecule has 0 aromatic carbocycles. The Kier molecular flexibility index (Phi) is 119. The Hall–Kier alpha value is -4.61. The molecule has 0 rings (SSSR count). The predicted molar refractivity (Wildman–Crippen MR) is 646 cm³/mol. The smallest absolute Gasteiger partial charge is 0.306 e. The zero-order chi connectivity index (χ0) is 107. The van der Waals surface area contributed by atoms with E-state index in [0.717, 1.165) is 225 Å². The van der Waals surface area contributed by atoms with Crippen LogP contribution in [-0.2, 0) is 28.6 Å². The maximum atomic E-state index is 13.5. The van der Waals surface area contributed by atoms with Crippen molar-refractivity contribution in [2.45, 2.75) is 633 Å². The second-order valence-corrected chi connectivity index (χ2v) is 44.0. The van der Waals surface area contributed by atoms with Crippen LogP contribution in [0.25, 0.3) is 0 Å². The average molecular weight is 2030 g/mol. The molecule has 0 aromatic heterocycles. The van der Waals surface area contributed by atoms with Crippen LogP contribution >= 0.6 is 0 Å². The van der Waals surface area contributed by atoms with Gasteiger partial charge in [0.2, 0.25) is 0 Å². The van der Waals surface area contributed by atoms with Crippen LogP contribution in [0.15, 0.2) is 134 Å². The third-order valence-electron chi connectivity index (χ3n) is 29.0. The van der Waals surface area contributed by atoms with Gasteiger partial charge in [-0.15, -0.1) is 0 Å². The summed E-state index contributed by atoms with van der Waals surface area (Å²) in [4.78, 5) is 46.0. The highest BCUT2D eigenvalue weighted by atomic mass is 16.6. The lowest BCUT2D eigenvalue weighted by atomic mass is 9.82. The van der Waals surface area contributed by atoms with Crippen LogP contribution in [0.3, 0.4) is 0 Å². The molecule has 10 heteroatoms. The Morgan fingerprint density at radius 1 is 0.234 bits per heavy atom. The number of carbonyl (C=O) groups excluding carboxylic acids is 3. The molecule has 0 aliphatic rings. The lowest BCUT2D eigenvalue weighted by Crippen LogP contribution is -2.45. The molecule has 0 amide bonds. The standard InChI is InChI=1S/C64H117NO3.C39H71NO2.C32H63NO2/c1-6-10-13-16-19-22-25-28-31-34-37-40-43-46-49-52-57-62(68-63(66)58-53-56-61-65(5)9-4)64(67,59-54-50-47-44-41-38-35-32-29-26-23-20-17-14-11-7-2)60-55-51-48-45-42-39-36-33-30-27-24-21-18-15-12-8-3;1-7-11-15-19-23-29-36(30-24-20-16-12-8-2)35-38(42-39(41)33-27-28-34-40(5)6)37(31-25-21-17-13-9-3)32-26-22-18-14-10-4;1-6-9-12-15-17-18-20-23-27-31(35-32(34)28-24-29-33(4)5)30(25-21-14-11-8-3)26-22-19-16-13-10-7-2/h19-24,28-33,62,67H,6-18,25-27,34-61H2,1-5H3;15-22,36-38H,7-14,23-35H2,1-6H3;17-18,30-31H,6-16,19-29H2,1-5H3/b22-19-,23-20-,24-21-,31-28-,32-29-,33-30-;19-15-,20-16-,21-17-,22-18-;18-17-. The van der Waals surface area contributed by atoms with E-state index in [0.29, 0.717) is 37.0 Å². The minimum absolute atomic E-state index is 0.00902. The van der Waals surface area contributed by atoms with Gasteiger partial charge in [0.25, 0.3) is 0 Å². The molecular weight excluding hydrogens is 1780 g/mol. The molecule has 0 aliphatic carbocycles. The fourth-order valence-corrected chi connectivity index (χ4v) is 19.3. The van der Waals surface area contributed by atoms with Crippen molar-refractivity contribution in [1.82, 2.24) is 14.7 Å². The zero-order valence-corrected chi connectivity index (χ0v) is 99.9. The first-order chi connectivity index (χ1) is 70.9. The molecule has 145 heavy (non-hydrogen) atoms. The van der Waals surface area contributed by atoms with Crippen LogP contribution in [0, 0.1) is 17.8 Å². The van der Waals surface area contributed by atoms with E-state index in [9.17, 15) is 19.5 Å². The Morgan fingerprint density at radius 3 is 0.876 bits per heavy atom. The number of hydrogen-bond donors (Lipinski definition) is 1. The molecule has 10 nitrogen and oxygen atoms in total. The van der Waals surface area contributed by atoms with Gasteiger partial charge in [-0.25, -0.2) is 0 Å². The molecule has 0 saturated carbocycles. The van der Waals surface area contributed by atoms with E-state index in [2.05, 4.69) is 260 Å². The number of rotatable bonds is 108. The number of hydrogen-bond acceptors (Lipinski definition) is 10. The highest BCUT2D eigenvalue weighted by Gasteiger charge is 2.39. The molecule has 0 radical (unpaired) electrons. The van der Waals surface area contributed by atoms with E-state index in [1.807, 2.05) is 0 Å². The van der Waals surface area contributed by atoms with E-state index in [4.69, 9.17) is 14.2 Å². The van der Waals surface area contributed by atoms with Crippen LogP contribution in [0.4, 0.5) is 0 Å². The van der Waals surface area contributed by atoms with Gasteiger partial charge in [-0.1, -0.05) is 441 Å². The molecule has 0 spiro atoms. The Labute approximate surface area is 906 Å². The summed E-state index contributed by atoms with van der Waals surface area (Å²) in [5, 5.41) is 12.6. The number of ether oxygens (including phenoxy) is 3. The minimum atomic E-state index is -0.945. The van der Waals surface area contributed by atoms with Gasteiger partial charge in [0, 0.05) is 19.3 Å². The average Bonchev–Trinajstić information content (AvgIpc) is 0.835. The molecule has 0 aromatic rings. The Bertz CT molecular complexity index is 2900. The van der Waals surface area contributed by atoms with Crippen LogP contribution in [0.5, 0.6) is 0 Å². The van der Waals surface area contributed by atoms with Crippen molar-refractivity contribution < 1.29 is 33.7 Å². The summed E-state index contributed by atoms with van der Waals surface area (Å²) in [6.07, 6.45) is 147. The van der Waals surface area contributed by atoms with Crippen molar-refractivity contribution in [1.29, 1.82) is 0 Å². The van der Waals surface area contributed by atoms with E-state index in [1.54, 1.807) is 0 Å². The molecule has 0 heterocycles. The van der Waals surface area contributed by atoms with Crippen molar-refractivity contribution in [3.8, 4) is 0 Å². The van der Waals surface area contributed by atoms with Gasteiger partial charge in [0.15, 0.2) is 0 Å². The van der Waals surface area contributed by atoms with Gasteiger partial charge in [-0.3, -0.25) is 14.4 Å². The maximum Gasteiger partial charge on any atom is 0.306 e. The van der Waals surface area contributed by atoms with E-state index in [-0.39, 0.29) is 30.1 Å². The van der Waals surface area contributed by atoms with Gasteiger partial charge in [-0.2, -0.15) is 0 Å². The van der Waals surface area contributed by atoms with Crippen molar-refractivity contribution in [2.75, 3.05) is 61.4 Å². The highest BCUT2D eigenvalue weighted by Crippen LogP contribution is 2.36. The van der Waals surface area contributed by atoms with E-state index >= 15 is 0 Å². The van der Waals surface area contributed by atoms with Crippen LogP contribution in [-0.4, -0.2) is 123 Å². The predicted octanol–water partition coefficient (Wildman–Crippen LogP) is 42.0. The summed E-state index contributed by atoms with van der Waals surface area (Å²) < 4.78 is 19.1. The van der Waals surface area contributed by atoms with E-state index < -0.39 is 11.7 Å². The molecular formula is C135H251N3O7. The van der Waals surface area contributed by atoms with Gasteiger partial charge < -0.3 is 34.0 Å². The number of esters is 3. The minimum Gasteiger partial charge on any atom is -0.462 e. The lowest BCUT2D eigenvalue weighted by Gasteiger charge is -2.36. The molecule has 1 N–H and O–H groups in total. The van der Waals surface area contributed by atoms with Gasteiger partial charge >= 0.3 is 17.9 Å². The third-order valence-corrected chi connectivity index (χ3v) is 29.0. The Balaban J connectivity index is -0.00000224. The monoisotopic (exact) mass is 2030 g/mol. The van der Waals surface area contributed by atoms with Crippen molar-refractivity contribution in [3.05, 3.63) is 134 Å². The third kappa shape index (κ3) is 109. The second-order valence-electron chi connectivity index (χ2n) is 44.0. The van der Waals surface area contributed by atoms with Crippen LogP contribution in [0.2, 0.25) is 0 Å². The number of aliphatic hydroxyl groups is 1. The van der Waals surface area contributed by atoms with Crippen LogP contribution in [0.1, 0.15) is 609 Å². The van der Waals surface area contributed by atoms with Gasteiger partial charge in [-0.05, 0) is 362 Å². The number of unbranched alkanes of at least 4 members (excludes halogenated alkanes) is 45. The maximum absolute atomic E-state index is 13.5. The summed E-state index contributed by atoms with van der Waals surface area (Å²) >= 11 is 0. The first-order valence-electron chi connectivity index (χ1n) is 63.4. The summed E-state index contributed by atoms with van der Waals surface area (Å²) in [6.45, 7) is 28.7. The van der Waals surface area contributed by atoms with Gasteiger partial charge in [0.1, 0.15) is 23.9 Å². The first kappa shape index (κ1) is 145. The zero-order valence-electron chi connectivity index (χ0n) is 99.9. The fourth-order valence-electron chi connectivity index (χ4n) is 19.3. The fraction of sp³-hybridized carbons (Fsp3) is 0.815. The molecule has 4 atom stereocenters. The lowest BCUT2D eigenvalue weighted by molar-refractivity contribution is -0.169. The molecule has 848 valence electrons. The van der Waals surface area contributed by atoms with Crippen molar-refractivity contribution in [3.63, 3.8) is 0 Å². The summed E-state index contributed by atoms with van der Waals surface area (Å²) in [5.41, 5.74) is -0.945. The highest BCUT2D eigenvalue weighted by molar-refractivity contribution is 5.70. The summed E-state index contributed by atoms with van der Waals surface area (Å²) in [5.74, 6) is 1.43. The number of carbonyl (C=O) groups is 3. The Morgan fingerprint density at radius 2 is 0.503 bits per heavy atom.